The van der Waals surface area contributed by atoms with E-state index in [1.165, 1.54) is 0 Å². The Hall–Kier alpha value is -0.170. The fourth-order valence-corrected chi connectivity index (χ4v) is 6.41. The molecule has 3 atom stereocenters. The predicted octanol–water partition coefficient (Wildman–Crippen LogP) is -0.604. The van der Waals surface area contributed by atoms with Crippen molar-refractivity contribution in [2.24, 2.45) is 11.1 Å². The zero-order valence-corrected chi connectivity index (χ0v) is 11.4. The first-order valence-corrected chi connectivity index (χ1v) is 8.59. The summed E-state index contributed by atoms with van der Waals surface area (Å²) in [5, 5.41) is 14.5. The first-order valence-electron chi connectivity index (χ1n) is 6.77. The number of nitrogens with one attached hydrogen (secondary N) is 1. The van der Waals surface area contributed by atoms with Gasteiger partial charge in [-0.15, -0.1) is 0 Å². The molecule has 3 unspecified atom stereocenters. The molecule has 0 aromatic heterocycles. The zero-order valence-electron chi connectivity index (χ0n) is 10.6. The van der Waals surface area contributed by atoms with Crippen LogP contribution in [0, 0.1) is 5.41 Å². The van der Waals surface area contributed by atoms with Crippen LogP contribution >= 0.6 is 0 Å². The zero-order chi connectivity index (χ0) is 13.0. The van der Waals surface area contributed by atoms with Gasteiger partial charge in [-0.05, 0) is 32.1 Å². The molecule has 6 heteroatoms. The van der Waals surface area contributed by atoms with Crippen LogP contribution in [0.3, 0.4) is 0 Å². The van der Waals surface area contributed by atoms with Crippen molar-refractivity contribution in [2.45, 2.75) is 49.8 Å². The molecule has 104 valence electrons. The highest BCUT2D eigenvalue weighted by Crippen LogP contribution is 2.49. The van der Waals surface area contributed by atoms with Gasteiger partial charge in [-0.1, -0.05) is 0 Å². The molecule has 0 saturated carbocycles. The summed E-state index contributed by atoms with van der Waals surface area (Å²) in [5.74, 6) is 0.238. The summed E-state index contributed by atoms with van der Waals surface area (Å²) in [6, 6.07) is 0.668. The van der Waals surface area contributed by atoms with E-state index >= 15 is 0 Å². The Morgan fingerprint density at radius 1 is 1.28 bits per heavy atom. The van der Waals surface area contributed by atoms with E-state index in [0.29, 0.717) is 31.3 Å². The van der Waals surface area contributed by atoms with Crippen molar-refractivity contribution < 1.29 is 13.5 Å². The molecule has 0 spiro atoms. The van der Waals surface area contributed by atoms with Crippen LogP contribution < -0.4 is 11.1 Å². The van der Waals surface area contributed by atoms with Crippen LogP contribution in [0.5, 0.6) is 0 Å². The maximum Gasteiger partial charge on any atom is 0.151 e. The molecule has 0 aromatic rings. The molecule has 3 fully saturated rings. The average molecular weight is 274 g/mol. The standard InChI is InChI=1S/C12H22N2O3S/c13-7-11(3-4-18(16,17)8-11)12(15)5-9-1-2-10(6-12)14-9/h9-10,14-15H,1-8,13H2. The van der Waals surface area contributed by atoms with Crippen LogP contribution in [-0.4, -0.2) is 49.3 Å². The molecule has 0 aromatic carbocycles. The molecule has 3 aliphatic heterocycles. The van der Waals surface area contributed by atoms with Crippen molar-refractivity contribution in [3.63, 3.8) is 0 Å². The Kier molecular flexibility index (Phi) is 2.79. The molecule has 2 bridgehead atoms. The summed E-state index contributed by atoms with van der Waals surface area (Å²) in [6.07, 6.45) is 3.98. The molecule has 3 saturated heterocycles. The highest BCUT2D eigenvalue weighted by atomic mass is 32.2. The van der Waals surface area contributed by atoms with E-state index in [0.717, 1.165) is 12.8 Å². The lowest BCUT2D eigenvalue weighted by atomic mass is 9.65. The maximum absolute atomic E-state index is 11.8. The normalized spacial score (nSPS) is 50.6. The molecular weight excluding hydrogens is 252 g/mol. The average Bonchev–Trinajstić information content (AvgIpc) is 2.80. The van der Waals surface area contributed by atoms with Gasteiger partial charge in [-0.25, -0.2) is 8.42 Å². The van der Waals surface area contributed by atoms with Gasteiger partial charge in [-0.3, -0.25) is 0 Å². The number of rotatable bonds is 2. The largest absolute Gasteiger partial charge is 0.389 e. The number of sulfone groups is 1. The summed E-state index contributed by atoms with van der Waals surface area (Å²) in [5.41, 5.74) is 4.36. The topological polar surface area (TPSA) is 92.4 Å². The number of aliphatic hydroxyl groups is 1. The summed E-state index contributed by atoms with van der Waals surface area (Å²) < 4.78 is 23.6. The van der Waals surface area contributed by atoms with Crippen LogP contribution in [-0.2, 0) is 9.84 Å². The molecular formula is C12H22N2O3S. The molecule has 0 aliphatic carbocycles. The van der Waals surface area contributed by atoms with E-state index in [1.807, 2.05) is 0 Å². The van der Waals surface area contributed by atoms with E-state index in [4.69, 9.17) is 5.73 Å². The third-order valence-electron chi connectivity index (χ3n) is 5.27. The number of fused-ring (bicyclic) bond motifs is 2. The van der Waals surface area contributed by atoms with Crippen LogP contribution in [0.25, 0.3) is 0 Å². The third kappa shape index (κ3) is 1.81. The third-order valence-corrected chi connectivity index (χ3v) is 7.09. The second-order valence-electron chi connectivity index (χ2n) is 6.40. The second kappa shape index (κ2) is 3.91. The van der Waals surface area contributed by atoms with Crippen molar-refractivity contribution in [3.8, 4) is 0 Å². The van der Waals surface area contributed by atoms with Crippen molar-refractivity contribution in [2.75, 3.05) is 18.1 Å². The molecule has 18 heavy (non-hydrogen) atoms. The van der Waals surface area contributed by atoms with Crippen LogP contribution in [0.15, 0.2) is 0 Å². The molecule has 0 radical (unpaired) electrons. The number of nitrogens with two attached hydrogens (primary N) is 1. The maximum atomic E-state index is 11.8. The Bertz CT molecular complexity index is 438. The van der Waals surface area contributed by atoms with Gasteiger partial charge in [0.05, 0.1) is 17.1 Å². The van der Waals surface area contributed by atoms with Crippen molar-refractivity contribution in [3.05, 3.63) is 0 Å². The molecule has 3 aliphatic rings. The first-order chi connectivity index (χ1) is 8.38. The lowest BCUT2D eigenvalue weighted by Crippen LogP contribution is -2.60. The quantitative estimate of drug-likeness (QED) is 0.625. The van der Waals surface area contributed by atoms with Gasteiger partial charge in [0.2, 0.25) is 0 Å². The molecule has 3 heterocycles. The van der Waals surface area contributed by atoms with Gasteiger partial charge < -0.3 is 16.2 Å². The summed E-state index contributed by atoms with van der Waals surface area (Å²) in [6.45, 7) is 0.266. The van der Waals surface area contributed by atoms with Gasteiger partial charge in [-0.2, -0.15) is 0 Å². The van der Waals surface area contributed by atoms with E-state index in [-0.39, 0.29) is 18.1 Å². The van der Waals surface area contributed by atoms with Gasteiger partial charge in [0.25, 0.3) is 0 Å². The minimum Gasteiger partial charge on any atom is -0.389 e. The fraction of sp³-hybridized carbons (Fsp3) is 1.00. The Morgan fingerprint density at radius 2 is 1.89 bits per heavy atom. The molecule has 4 N–H and O–H groups in total. The highest BCUT2D eigenvalue weighted by Gasteiger charge is 2.58. The molecule has 5 nitrogen and oxygen atoms in total. The summed E-state index contributed by atoms with van der Waals surface area (Å²) >= 11 is 0. The lowest BCUT2D eigenvalue weighted by Gasteiger charge is -2.48. The minimum atomic E-state index is -3.03. The van der Waals surface area contributed by atoms with Gasteiger partial charge >= 0.3 is 0 Å². The van der Waals surface area contributed by atoms with Crippen LogP contribution in [0.4, 0.5) is 0 Å². The van der Waals surface area contributed by atoms with E-state index < -0.39 is 20.9 Å². The monoisotopic (exact) mass is 274 g/mol. The van der Waals surface area contributed by atoms with Crippen LogP contribution in [0.1, 0.15) is 32.1 Å². The minimum absolute atomic E-state index is 0.0619. The smallest absolute Gasteiger partial charge is 0.151 e. The van der Waals surface area contributed by atoms with E-state index in [9.17, 15) is 13.5 Å². The number of hydrogen-bond donors (Lipinski definition) is 3. The first kappa shape index (κ1) is 12.8. The molecule has 3 rings (SSSR count). The van der Waals surface area contributed by atoms with Crippen LogP contribution in [0.2, 0.25) is 0 Å². The molecule has 0 amide bonds. The predicted molar refractivity (Wildman–Crippen MR) is 68.9 cm³/mol. The Balaban J connectivity index is 1.92. The van der Waals surface area contributed by atoms with Crippen molar-refractivity contribution in [1.29, 1.82) is 0 Å². The lowest BCUT2D eigenvalue weighted by molar-refractivity contribution is -0.100. The van der Waals surface area contributed by atoms with Gasteiger partial charge in [0, 0.05) is 24.0 Å². The fourth-order valence-electron chi connectivity index (χ4n) is 4.19. The van der Waals surface area contributed by atoms with Crippen molar-refractivity contribution >= 4 is 9.84 Å². The van der Waals surface area contributed by atoms with Gasteiger partial charge in [0.1, 0.15) is 0 Å². The number of hydrogen-bond acceptors (Lipinski definition) is 5. The Morgan fingerprint density at radius 3 is 2.33 bits per heavy atom. The Labute approximate surface area is 108 Å². The summed E-state index contributed by atoms with van der Waals surface area (Å²) in [7, 11) is -3.03. The summed E-state index contributed by atoms with van der Waals surface area (Å²) in [4.78, 5) is 0. The highest BCUT2D eigenvalue weighted by molar-refractivity contribution is 7.91. The van der Waals surface area contributed by atoms with E-state index in [1.54, 1.807) is 0 Å². The van der Waals surface area contributed by atoms with Crippen molar-refractivity contribution in [1.82, 2.24) is 5.32 Å². The van der Waals surface area contributed by atoms with Gasteiger partial charge in [0.15, 0.2) is 9.84 Å². The number of piperidine rings is 1. The SMILES string of the molecule is NCC1(C2(O)CC3CCC(C2)N3)CCS(=O)(=O)C1. The van der Waals surface area contributed by atoms with E-state index in [2.05, 4.69) is 5.32 Å². The second-order valence-corrected chi connectivity index (χ2v) is 8.59.